The fourth-order valence-electron chi connectivity index (χ4n) is 2.06. The molecular weight excluding hydrogens is 248 g/mol. The molecule has 2 rings (SSSR count). The summed E-state index contributed by atoms with van der Waals surface area (Å²) in [4.78, 5) is 11.7. The number of aromatic hydroxyl groups is 1. The predicted molar refractivity (Wildman–Crippen MR) is 68.4 cm³/mol. The van der Waals surface area contributed by atoms with Gasteiger partial charge in [0.25, 0.3) is 0 Å². The van der Waals surface area contributed by atoms with E-state index in [4.69, 9.17) is 9.47 Å². The van der Waals surface area contributed by atoms with Crippen molar-refractivity contribution in [3.05, 3.63) is 23.3 Å². The number of rotatable bonds is 5. The van der Waals surface area contributed by atoms with E-state index in [1.54, 1.807) is 6.07 Å². The van der Waals surface area contributed by atoms with Crippen LogP contribution in [-0.2, 0) is 15.9 Å². The summed E-state index contributed by atoms with van der Waals surface area (Å²) < 4.78 is 15.9. The van der Waals surface area contributed by atoms with Crippen molar-refractivity contribution in [3.63, 3.8) is 0 Å². The Morgan fingerprint density at radius 1 is 1.53 bits per heavy atom. The normalized spacial score (nSPS) is 16.8. The highest BCUT2D eigenvalue weighted by Crippen LogP contribution is 2.36. The third-order valence-electron chi connectivity index (χ3n) is 3.07. The van der Waals surface area contributed by atoms with Gasteiger partial charge in [0.15, 0.2) is 0 Å². The van der Waals surface area contributed by atoms with E-state index in [9.17, 15) is 9.90 Å². The second-order valence-corrected chi connectivity index (χ2v) is 4.40. The molecule has 5 heteroatoms. The third kappa shape index (κ3) is 2.81. The average Bonchev–Trinajstić information content (AvgIpc) is 2.81. The largest absolute Gasteiger partial charge is 0.507 e. The summed E-state index contributed by atoms with van der Waals surface area (Å²) in [5, 5.41) is 9.78. The maximum Gasteiger partial charge on any atom is 0.342 e. The molecule has 5 nitrogen and oxygen atoms in total. The first-order valence-electron chi connectivity index (χ1n) is 6.38. The van der Waals surface area contributed by atoms with Crippen molar-refractivity contribution in [3.8, 4) is 11.5 Å². The number of esters is 1. The van der Waals surface area contributed by atoms with E-state index in [0.717, 1.165) is 12.8 Å². The highest BCUT2D eigenvalue weighted by molar-refractivity contribution is 5.95. The Hall–Kier alpha value is -1.75. The van der Waals surface area contributed by atoms with Crippen molar-refractivity contribution in [2.75, 3.05) is 13.7 Å². The van der Waals surface area contributed by atoms with Gasteiger partial charge in [0.1, 0.15) is 17.1 Å². The molecule has 0 bridgehead atoms. The Morgan fingerprint density at radius 3 is 3.00 bits per heavy atom. The number of phenolic OH excluding ortho intramolecular Hbond substituents is 1. The molecule has 104 valence electrons. The first-order valence-corrected chi connectivity index (χ1v) is 6.38. The number of carbonyl (C=O) groups excluding carboxylic acids is 1. The summed E-state index contributed by atoms with van der Waals surface area (Å²) in [5.74, 6) is -0.0877. The van der Waals surface area contributed by atoms with E-state index in [0.29, 0.717) is 24.3 Å². The average molecular weight is 266 g/mol. The van der Waals surface area contributed by atoms with Crippen molar-refractivity contribution in [1.82, 2.24) is 0 Å². The SMILES string of the molecule is CCCCOC1Cc2c(ccc(O)c2C(=O)OC)O1. The van der Waals surface area contributed by atoms with Crippen LogP contribution in [0.3, 0.4) is 0 Å². The van der Waals surface area contributed by atoms with Crippen LogP contribution in [-0.4, -0.2) is 31.1 Å². The van der Waals surface area contributed by atoms with Gasteiger partial charge in [0.05, 0.1) is 13.7 Å². The molecule has 19 heavy (non-hydrogen) atoms. The molecule has 1 heterocycles. The number of phenols is 1. The minimum atomic E-state index is -0.563. The van der Waals surface area contributed by atoms with Crippen LogP contribution >= 0.6 is 0 Å². The molecule has 0 aromatic heterocycles. The lowest BCUT2D eigenvalue weighted by atomic mass is 10.0. The monoisotopic (exact) mass is 266 g/mol. The molecule has 1 aliphatic heterocycles. The minimum Gasteiger partial charge on any atom is -0.507 e. The van der Waals surface area contributed by atoms with Gasteiger partial charge in [-0.25, -0.2) is 4.79 Å². The van der Waals surface area contributed by atoms with Gasteiger partial charge in [-0.1, -0.05) is 13.3 Å². The van der Waals surface area contributed by atoms with Gasteiger partial charge in [-0.05, 0) is 18.6 Å². The van der Waals surface area contributed by atoms with Gasteiger partial charge in [-0.2, -0.15) is 0 Å². The Morgan fingerprint density at radius 2 is 2.32 bits per heavy atom. The summed E-state index contributed by atoms with van der Waals surface area (Å²) >= 11 is 0. The van der Waals surface area contributed by atoms with Gasteiger partial charge in [-0.15, -0.1) is 0 Å². The molecule has 1 unspecified atom stereocenters. The van der Waals surface area contributed by atoms with E-state index in [1.165, 1.54) is 13.2 Å². The van der Waals surface area contributed by atoms with E-state index in [1.807, 2.05) is 0 Å². The number of carbonyl (C=O) groups is 1. The Balaban J connectivity index is 2.16. The number of hydrogen-bond donors (Lipinski definition) is 1. The summed E-state index contributed by atoms with van der Waals surface area (Å²) in [6.45, 7) is 2.70. The first-order chi connectivity index (χ1) is 9.17. The smallest absolute Gasteiger partial charge is 0.342 e. The fourth-order valence-corrected chi connectivity index (χ4v) is 2.06. The molecule has 0 spiro atoms. The van der Waals surface area contributed by atoms with Gasteiger partial charge in [0, 0.05) is 12.0 Å². The van der Waals surface area contributed by atoms with Gasteiger partial charge in [-0.3, -0.25) is 0 Å². The Labute approximate surface area is 112 Å². The number of fused-ring (bicyclic) bond motifs is 1. The van der Waals surface area contributed by atoms with E-state index in [2.05, 4.69) is 11.7 Å². The Bertz CT molecular complexity index is 469. The summed E-state index contributed by atoms with van der Waals surface area (Å²) in [6.07, 6.45) is 2.06. The van der Waals surface area contributed by atoms with Crippen molar-refractivity contribution in [2.24, 2.45) is 0 Å². The van der Waals surface area contributed by atoms with E-state index in [-0.39, 0.29) is 11.3 Å². The standard InChI is InChI=1S/C14H18O5/c1-3-4-7-18-12-8-9-11(19-12)6-5-10(15)13(9)14(16)17-2/h5-6,12,15H,3-4,7-8H2,1-2H3. The van der Waals surface area contributed by atoms with Crippen LogP contribution in [0.15, 0.2) is 12.1 Å². The predicted octanol–water partition coefficient (Wildman–Crippen LogP) is 2.26. The zero-order chi connectivity index (χ0) is 13.8. The molecular formula is C14H18O5. The lowest BCUT2D eigenvalue weighted by Gasteiger charge is -2.10. The van der Waals surface area contributed by atoms with Crippen LogP contribution in [0.5, 0.6) is 11.5 Å². The quantitative estimate of drug-likeness (QED) is 0.654. The topological polar surface area (TPSA) is 65.0 Å². The van der Waals surface area contributed by atoms with Crippen molar-refractivity contribution in [2.45, 2.75) is 32.5 Å². The second-order valence-electron chi connectivity index (χ2n) is 4.40. The lowest BCUT2D eigenvalue weighted by molar-refractivity contribution is -0.0664. The maximum absolute atomic E-state index is 11.7. The lowest BCUT2D eigenvalue weighted by Crippen LogP contribution is -2.18. The number of benzene rings is 1. The molecule has 1 atom stereocenters. The number of methoxy groups -OCH3 is 1. The molecule has 0 amide bonds. The van der Waals surface area contributed by atoms with E-state index >= 15 is 0 Å². The highest BCUT2D eigenvalue weighted by atomic mass is 16.7. The molecule has 1 aliphatic rings. The number of ether oxygens (including phenoxy) is 3. The van der Waals surface area contributed by atoms with Crippen molar-refractivity contribution < 1.29 is 24.1 Å². The van der Waals surface area contributed by atoms with Crippen LogP contribution < -0.4 is 4.74 Å². The van der Waals surface area contributed by atoms with Gasteiger partial charge < -0.3 is 19.3 Å². The summed E-state index contributed by atoms with van der Waals surface area (Å²) in [7, 11) is 1.28. The Kier molecular flexibility index (Phi) is 4.27. The van der Waals surface area contributed by atoms with Crippen molar-refractivity contribution in [1.29, 1.82) is 0 Å². The highest BCUT2D eigenvalue weighted by Gasteiger charge is 2.30. The van der Waals surface area contributed by atoms with Crippen LogP contribution in [0.4, 0.5) is 0 Å². The first kappa shape index (κ1) is 13.7. The molecule has 0 aliphatic carbocycles. The molecule has 0 saturated heterocycles. The second kappa shape index (κ2) is 5.93. The van der Waals surface area contributed by atoms with Gasteiger partial charge >= 0.3 is 5.97 Å². The molecule has 0 radical (unpaired) electrons. The summed E-state index contributed by atoms with van der Waals surface area (Å²) in [6, 6.07) is 3.07. The van der Waals surface area contributed by atoms with Crippen LogP contribution in [0.2, 0.25) is 0 Å². The van der Waals surface area contributed by atoms with Gasteiger partial charge in [0.2, 0.25) is 6.29 Å². The van der Waals surface area contributed by atoms with Crippen molar-refractivity contribution >= 4 is 5.97 Å². The fraction of sp³-hybridized carbons (Fsp3) is 0.500. The summed E-state index contributed by atoms with van der Waals surface area (Å²) in [5.41, 5.74) is 0.815. The maximum atomic E-state index is 11.7. The molecule has 1 aromatic rings. The zero-order valence-corrected chi connectivity index (χ0v) is 11.1. The number of unbranched alkanes of at least 4 members (excludes halogenated alkanes) is 1. The van der Waals surface area contributed by atoms with Crippen LogP contribution in [0.1, 0.15) is 35.7 Å². The molecule has 0 saturated carbocycles. The molecule has 0 fully saturated rings. The zero-order valence-electron chi connectivity index (χ0n) is 11.1. The molecule has 1 N–H and O–H groups in total. The van der Waals surface area contributed by atoms with Crippen LogP contribution in [0.25, 0.3) is 0 Å². The number of hydrogen-bond acceptors (Lipinski definition) is 5. The molecule has 1 aromatic carbocycles. The van der Waals surface area contributed by atoms with Crippen LogP contribution in [0, 0.1) is 0 Å². The third-order valence-corrected chi connectivity index (χ3v) is 3.07. The minimum absolute atomic E-state index is 0.0941. The van der Waals surface area contributed by atoms with E-state index < -0.39 is 12.3 Å².